The van der Waals surface area contributed by atoms with Crippen molar-refractivity contribution in [3.8, 4) is 0 Å². The van der Waals surface area contributed by atoms with Gasteiger partial charge in [-0.1, -0.05) is 0 Å². The van der Waals surface area contributed by atoms with Crippen molar-refractivity contribution in [3.63, 3.8) is 0 Å². The quantitative estimate of drug-likeness (QED) is 0.401. The molecule has 0 amide bonds. The molecule has 0 aromatic rings. The molecule has 0 radical (unpaired) electrons. The Morgan fingerprint density at radius 2 is 0.690 bits per heavy atom. The van der Waals surface area contributed by atoms with E-state index in [2.05, 4.69) is 0 Å². The van der Waals surface area contributed by atoms with Crippen molar-refractivity contribution < 1.29 is 78.8 Å². The lowest BCUT2D eigenvalue weighted by Gasteiger charge is -2.44. The Morgan fingerprint density at radius 3 is 0.897 bits per heavy atom. The van der Waals surface area contributed by atoms with Crippen LogP contribution in [-0.4, -0.2) is 59.4 Å². The summed E-state index contributed by atoms with van der Waals surface area (Å²) in [6, 6.07) is 0. The molecular weight excluding hydrogens is 485 g/mol. The fourth-order valence-electron chi connectivity index (χ4n) is 1.51. The molecule has 176 valence electrons. The summed E-state index contributed by atoms with van der Waals surface area (Å²) in [4.78, 5) is 0. The van der Waals surface area contributed by atoms with Crippen LogP contribution >= 0.6 is 0 Å². The van der Waals surface area contributed by atoms with Crippen LogP contribution in [0, 0.1) is 0 Å². The number of hydrogen-bond donors (Lipinski definition) is 1. The summed E-state index contributed by atoms with van der Waals surface area (Å²) in [5.41, 5.74) is 0. The molecule has 0 aromatic carbocycles. The fourth-order valence-corrected chi connectivity index (χ4v) is 1.96. The van der Waals surface area contributed by atoms with E-state index in [1.165, 1.54) is 0 Å². The predicted molar refractivity (Wildman–Crippen MR) is 61.4 cm³/mol. The summed E-state index contributed by atoms with van der Waals surface area (Å²) in [5, 5.41) is 0. The highest BCUT2D eigenvalue weighted by Gasteiger charge is 2.94. The number of alkyl halides is 15. The maximum Gasteiger partial charge on any atom is 0.460 e. The Hall–Kier alpha value is -1.14. The smallest absolute Gasteiger partial charge is 0.285 e. The average Bonchev–Trinajstić information content (AvgIpc) is 2.43. The lowest BCUT2D eigenvalue weighted by atomic mass is 9.87. The van der Waals surface area contributed by atoms with Crippen LogP contribution in [0.4, 0.5) is 65.9 Å². The van der Waals surface area contributed by atoms with Gasteiger partial charge in [0.1, 0.15) is 0 Å². The molecule has 29 heavy (non-hydrogen) atoms. The summed E-state index contributed by atoms with van der Waals surface area (Å²) in [6.45, 7) is -1.35. The van der Waals surface area contributed by atoms with Crippen molar-refractivity contribution in [2.45, 2.75) is 60.3 Å². The molecule has 19 heteroatoms. The van der Waals surface area contributed by atoms with Crippen LogP contribution < -0.4 is 0 Å². The van der Waals surface area contributed by atoms with Gasteiger partial charge in [0.2, 0.25) is 0 Å². The zero-order chi connectivity index (χ0) is 24.5. The highest BCUT2D eigenvalue weighted by Crippen LogP contribution is 2.63. The molecule has 0 spiro atoms. The Bertz CT molecular complexity index is 734. The molecule has 0 aliphatic rings. The van der Waals surface area contributed by atoms with Gasteiger partial charge in [0, 0.05) is 0 Å². The first-order valence-corrected chi connectivity index (χ1v) is 7.74. The maximum atomic E-state index is 13.7. The number of halogens is 15. The van der Waals surface area contributed by atoms with E-state index in [1.54, 1.807) is 0 Å². The Morgan fingerprint density at radius 1 is 0.483 bits per heavy atom. The molecule has 0 aliphatic heterocycles. The second-order valence-electron chi connectivity index (χ2n) is 5.93. The lowest BCUT2D eigenvalue weighted by Crippen LogP contribution is -2.75. The first kappa shape index (κ1) is 27.9. The Balaban J connectivity index is 6.90. The van der Waals surface area contributed by atoms with Crippen LogP contribution in [0.15, 0.2) is 0 Å². The summed E-state index contributed by atoms with van der Waals surface area (Å²) < 4.78 is 219. The highest BCUT2D eigenvalue weighted by atomic mass is 32.2. The molecule has 0 unspecified atom stereocenters. The minimum absolute atomic E-state index is 0.674. The monoisotopic (exact) mass is 492 g/mol. The van der Waals surface area contributed by atoms with Gasteiger partial charge in [-0.05, 0) is 13.8 Å². The Labute approximate surface area is 150 Å². The normalized spacial score (nSPS) is 16.9. The van der Waals surface area contributed by atoms with E-state index in [9.17, 15) is 74.3 Å². The van der Waals surface area contributed by atoms with Gasteiger partial charge in [0.25, 0.3) is 10.1 Å². The van der Waals surface area contributed by atoms with Crippen molar-refractivity contribution in [1.82, 2.24) is 0 Å². The molecule has 0 fully saturated rings. The fraction of sp³-hybridized carbons (Fsp3) is 1.00. The van der Waals surface area contributed by atoms with Gasteiger partial charge in [-0.3, -0.25) is 4.55 Å². The molecule has 0 bridgehead atoms. The van der Waals surface area contributed by atoms with Crippen molar-refractivity contribution in [1.29, 1.82) is 0 Å². The minimum Gasteiger partial charge on any atom is -0.285 e. The summed E-state index contributed by atoms with van der Waals surface area (Å²) >= 11 is 0. The predicted octanol–water partition coefficient (Wildman–Crippen LogP) is 5.03. The van der Waals surface area contributed by atoms with Crippen molar-refractivity contribution >= 4 is 10.1 Å². The largest absolute Gasteiger partial charge is 0.460 e. The van der Waals surface area contributed by atoms with Gasteiger partial charge in [-0.15, -0.1) is 0 Å². The summed E-state index contributed by atoms with van der Waals surface area (Å²) in [7, 11) is -6.56. The third kappa shape index (κ3) is 3.31. The number of hydrogen-bond acceptors (Lipinski definition) is 2. The van der Waals surface area contributed by atoms with Crippen molar-refractivity contribution in [3.05, 3.63) is 0 Å². The molecule has 0 saturated carbocycles. The second kappa shape index (κ2) is 6.43. The molecule has 0 heterocycles. The SMILES string of the molecule is CC(C)(C(F)(F)C(F)(F)C(F)(F)C(F)(F)C(F)(F)C(F)(F)C(F)(F)F)S(=O)(=O)O. The van der Waals surface area contributed by atoms with Gasteiger partial charge in [-0.25, -0.2) is 0 Å². The molecule has 3 nitrogen and oxygen atoms in total. The molecule has 1 N–H and O–H groups in total. The lowest BCUT2D eigenvalue weighted by molar-refractivity contribution is -0.453. The van der Waals surface area contributed by atoms with E-state index in [0.29, 0.717) is 0 Å². The first-order chi connectivity index (χ1) is 12.0. The number of rotatable bonds is 7. The molecule has 0 atom stereocenters. The highest BCUT2D eigenvalue weighted by molar-refractivity contribution is 7.87. The third-order valence-electron chi connectivity index (χ3n) is 3.73. The van der Waals surface area contributed by atoms with Gasteiger partial charge in [-0.2, -0.15) is 74.3 Å². The van der Waals surface area contributed by atoms with E-state index >= 15 is 0 Å². The molecule has 0 rings (SSSR count). The molecule has 0 aliphatic carbocycles. The van der Waals surface area contributed by atoms with E-state index in [1.807, 2.05) is 0 Å². The van der Waals surface area contributed by atoms with Crippen LogP contribution in [0.25, 0.3) is 0 Å². The summed E-state index contributed by atoms with van der Waals surface area (Å²) in [6.07, 6.45) is -7.73. The Kier molecular flexibility index (Phi) is 6.18. The average molecular weight is 492 g/mol. The van der Waals surface area contributed by atoms with E-state index in [-0.39, 0.29) is 0 Å². The van der Waals surface area contributed by atoms with Crippen LogP contribution in [0.3, 0.4) is 0 Å². The van der Waals surface area contributed by atoms with Crippen LogP contribution in [-0.2, 0) is 10.1 Å². The van der Waals surface area contributed by atoms with E-state index in [4.69, 9.17) is 4.55 Å². The van der Waals surface area contributed by atoms with E-state index < -0.39 is 70.4 Å². The standard InChI is InChI=1S/C10H7F15O3S/c1-3(2,29(26,27)28)4(11,12)5(13,14)6(15,16)7(17,18)8(19,20)9(21,22)10(23,24)25/h1-2H3,(H,26,27,28). The first-order valence-electron chi connectivity index (χ1n) is 6.30. The minimum atomic E-state index is -8.53. The zero-order valence-corrected chi connectivity index (χ0v) is 14.2. The van der Waals surface area contributed by atoms with Gasteiger partial charge in [0.05, 0.1) is 0 Å². The van der Waals surface area contributed by atoms with Gasteiger partial charge < -0.3 is 0 Å². The third-order valence-corrected chi connectivity index (χ3v) is 5.27. The van der Waals surface area contributed by atoms with Crippen LogP contribution in [0.2, 0.25) is 0 Å². The molecule has 0 aromatic heterocycles. The molecular formula is C10H7F15O3S. The summed E-state index contributed by atoms with van der Waals surface area (Å²) in [5.74, 6) is -48.6. The maximum absolute atomic E-state index is 13.7. The van der Waals surface area contributed by atoms with Crippen LogP contribution in [0.5, 0.6) is 0 Å². The zero-order valence-electron chi connectivity index (χ0n) is 13.3. The van der Waals surface area contributed by atoms with Crippen molar-refractivity contribution in [2.75, 3.05) is 0 Å². The second-order valence-corrected chi connectivity index (χ2v) is 7.90. The molecule has 0 saturated heterocycles. The topological polar surface area (TPSA) is 54.4 Å². The van der Waals surface area contributed by atoms with E-state index in [0.717, 1.165) is 0 Å². The van der Waals surface area contributed by atoms with Gasteiger partial charge >= 0.3 is 41.7 Å². The van der Waals surface area contributed by atoms with Gasteiger partial charge in [0.15, 0.2) is 4.75 Å². The van der Waals surface area contributed by atoms with Crippen LogP contribution in [0.1, 0.15) is 13.8 Å². The van der Waals surface area contributed by atoms with Crippen molar-refractivity contribution in [2.24, 2.45) is 0 Å².